The van der Waals surface area contributed by atoms with Crippen LogP contribution in [0.3, 0.4) is 0 Å². The van der Waals surface area contributed by atoms with Crippen molar-refractivity contribution in [1.82, 2.24) is 5.32 Å². The lowest BCUT2D eigenvalue weighted by Crippen LogP contribution is -2.24. The van der Waals surface area contributed by atoms with E-state index in [9.17, 15) is 19.2 Å². The lowest BCUT2D eigenvalue weighted by molar-refractivity contribution is -0.147. The van der Waals surface area contributed by atoms with Gasteiger partial charge in [0.15, 0.2) is 0 Å². The molecule has 10 heteroatoms. The fourth-order valence-electron chi connectivity index (χ4n) is 1.39. The normalized spacial score (nSPS) is 10.2. The van der Waals surface area contributed by atoms with Gasteiger partial charge in [-0.25, -0.2) is 14.4 Å². The summed E-state index contributed by atoms with van der Waals surface area (Å²) in [5, 5.41) is 21.9. The smallest absolute Gasteiger partial charge is 0.407 e. The third-order valence-corrected chi connectivity index (χ3v) is 3.44. The number of hydrogen-bond acceptors (Lipinski definition) is 6. The Morgan fingerprint density at radius 3 is 2.43 bits per heavy atom. The molecule has 2 amide bonds. The first-order chi connectivity index (χ1) is 10.7. The van der Waals surface area contributed by atoms with Crippen molar-refractivity contribution in [3.05, 3.63) is 16.5 Å². The number of anilines is 1. The Labute approximate surface area is 135 Å². The number of carboxylic acid groups (broad SMARTS) is 2. The van der Waals surface area contributed by atoms with Crippen LogP contribution >= 0.6 is 11.3 Å². The molecule has 4 N–H and O–H groups in total. The third kappa shape index (κ3) is 5.94. The summed E-state index contributed by atoms with van der Waals surface area (Å²) >= 11 is 0.854. The van der Waals surface area contributed by atoms with Gasteiger partial charge in [0.1, 0.15) is 5.00 Å². The van der Waals surface area contributed by atoms with Crippen LogP contribution in [-0.4, -0.2) is 40.8 Å². The summed E-state index contributed by atoms with van der Waals surface area (Å²) in [6.07, 6.45) is -0.653. The van der Waals surface area contributed by atoms with Gasteiger partial charge in [-0.1, -0.05) is 13.8 Å². The summed E-state index contributed by atoms with van der Waals surface area (Å²) in [5.41, 5.74) is -0.253. The van der Waals surface area contributed by atoms with E-state index in [-0.39, 0.29) is 29.6 Å². The SMILES string of the molecule is CC(C)COC(=O)NCc1cc(C(=O)O)c(NC(=O)C(=O)O)s1. The van der Waals surface area contributed by atoms with Gasteiger partial charge in [-0.3, -0.25) is 4.79 Å². The van der Waals surface area contributed by atoms with E-state index in [1.807, 2.05) is 19.2 Å². The van der Waals surface area contributed by atoms with E-state index in [1.54, 1.807) is 0 Å². The van der Waals surface area contributed by atoms with Crippen LogP contribution in [0.25, 0.3) is 0 Å². The molecule has 0 saturated carbocycles. The van der Waals surface area contributed by atoms with Crippen LogP contribution in [0.15, 0.2) is 6.07 Å². The summed E-state index contributed by atoms with van der Waals surface area (Å²) in [5.74, 6) is -4.22. The molecule has 0 aliphatic carbocycles. The molecule has 0 unspecified atom stereocenters. The Morgan fingerprint density at radius 2 is 1.91 bits per heavy atom. The van der Waals surface area contributed by atoms with E-state index in [1.165, 1.54) is 6.07 Å². The molecule has 0 radical (unpaired) electrons. The largest absolute Gasteiger partial charge is 0.478 e. The van der Waals surface area contributed by atoms with Crippen LogP contribution in [0.1, 0.15) is 29.1 Å². The molecule has 1 heterocycles. The van der Waals surface area contributed by atoms with Crippen molar-refractivity contribution in [2.75, 3.05) is 11.9 Å². The van der Waals surface area contributed by atoms with Crippen molar-refractivity contribution in [2.24, 2.45) is 5.92 Å². The number of alkyl carbamates (subject to hydrolysis) is 1. The maximum absolute atomic E-state index is 11.4. The third-order valence-electron chi connectivity index (χ3n) is 2.39. The second-order valence-corrected chi connectivity index (χ2v) is 6.00. The van der Waals surface area contributed by atoms with Gasteiger partial charge in [-0.15, -0.1) is 11.3 Å². The maximum atomic E-state index is 11.4. The Bertz CT molecular complexity index is 624. The molecule has 0 saturated heterocycles. The molecule has 0 spiro atoms. The highest BCUT2D eigenvalue weighted by atomic mass is 32.1. The summed E-state index contributed by atoms with van der Waals surface area (Å²) in [7, 11) is 0. The van der Waals surface area contributed by atoms with E-state index in [0.29, 0.717) is 4.88 Å². The first-order valence-corrected chi connectivity index (χ1v) is 7.33. The zero-order valence-corrected chi connectivity index (χ0v) is 13.2. The van der Waals surface area contributed by atoms with Gasteiger partial charge in [0, 0.05) is 4.88 Å². The highest BCUT2D eigenvalue weighted by Crippen LogP contribution is 2.28. The number of hydrogen-bond donors (Lipinski definition) is 4. The average Bonchev–Trinajstić information content (AvgIpc) is 2.85. The molecule has 1 aromatic rings. The molecule has 126 valence electrons. The van der Waals surface area contributed by atoms with Gasteiger partial charge in [-0.05, 0) is 12.0 Å². The minimum Gasteiger partial charge on any atom is -0.478 e. The van der Waals surface area contributed by atoms with Crippen LogP contribution < -0.4 is 10.6 Å². The monoisotopic (exact) mass is 344 g/mol. The maximum Gasteiger partial charge on any atom is 0.407 e. The number of nitrogens with one attached hydrogen (secondary N) is 2. The molecule has 0 atom stereocenters. The van der Waals surface area contributed by atoms with E-state index in [0.717, 1.165) is 11.3 Å². The Kier molecular flexibility index (Phi) is 6.51. The van der Waals surface area contributed by atoms with Crippen molar-refractivity contribution in [3.8, 4) is 0 Å². The molecule has 9 nitrogen and oxygen atoms in total. The second-order valence-electron chi connectivity index (χ2n) is 4.87. The van der Waals surface area contributed by atoms with Crippen LogP contribution in [0.5, 0.6) is 0 Å². The number of carbonyl (C=O) groups excluding carboxylic acids is 2. The topological polar surface area (TPSA) is 142 Å². The molecule has 0 aromatic carbocycles. The Morgan fingerprint density at radius 1 is 1.26 bits per heavy atom. The quantitative estimate of drug-likeness (QED) is 0.571. The summed E-state index contributed by atoms with van der Waals surface area (Å²) < 4.78 is 4.90. The number of ether oxygens (including phenoxy) is 1. The average molecular weight is 344 g/mol. The van der Waals surface area contributed by atoms with Crippen molar-refractivity contribution >= 4 is 40.3 Å². The van der Waals surface area contributed by atoms with Crippen LogP contribution in [-0.2, 0) is 20.9 Å². The van der Waals surface area contributed by atoms with Crippen molar-refractivity contribution in [3.63, 3.8) is 0 Å². The fourth-order valence-corrected chi connectivity index (χ4v) is 2.37. The first kappa shape index (κ1) is 18.4. The molecule has 1 aromatic heterocycles. The number of thiophene rings is 1. The Balaban J connectivity index is 2.73. The lowest BCUT2D eigenvalue weighted by atomic mass is 10.2. The zero-order chi connectivity index (χ0) is 17.6. The van der Waals surface area contributed by atoms with Gasteiger partial charge >= 0.3 is 23.9 Å². The van der Waals surface area contributed by atoms with Gasteiger partial charge in [-0.2, -0.15) is 0 Å². The molecule has 0 aliphatic heterocycles. The number of carboxylic acids is 2. The van der Waals surface area contributed by atoms with E-state index >= 15 is 0 Å². The second kappa shape index (κ2) is 8.13. The molecular formula is C13H16N2O7S. The predicted octanol–water partition coefficient (Wildman–Crippen LogP) is 1.35. The molecule has 1 rings (SSSR count). The van der Waals surface area contributed by atoms with Crippen molar-refractivity contribution in [2.45, 2.75) is 20.4 Å². The number of aliphatic carboxylic acids is 1. The minimum absolute atomic E-state index is 0.00911. The van der Waals surface area contributed by atoms with Crippen LogP contribution in [0, 0.1) is 5.92 Å². The van der Waals surface area contributed by atoms with Crippen molar-refractivity contribution < 1.29 is 34.1 Å². The number of aromatic carboxylic acids is 1. The number of amides is 2. The standard InChI is InChI=1S/C13H16N2O7S/c1-6(2)5-22-13(21)14-4-7-3-8(11(17)18)10(23-7)15-9(16)12(19)20/h3,6H,4-5H2,1-2H3,(H,14,21)(H,15,16)(H,17,18)(H,19,20). The molecule has 0 fully saturated rings. The van der Waals surface area contributed by atoms with Gasteiger partial charge < -0.3 is 25.6 Å². The number of carbonyl (C=O) groups is 4. The van der Waals surface area contributed by atoms with E-state index < -0.39 is 23.9 Å². The highest BCUT2D eigenvalue weighted by molar-refractivity contribution is 7.16. The van der Waals surface area contributed by atoms with Crippen molar-refractivity contribution in [1.29, 1.82) is 0 Å². The predicted molar refractivity (Wildman–Crippen MR) is 80.6 cm³/mol. The summed E-state index contributed by atoms with van der Waals surface area (Å²) in [6, 6.07) is 1.24. The Hall–Kier alpha value is -2.62. The van der Waals surface area contributed by atoms with Crippen LogP contribution in [0.2, 0.25) is 0 Å². The molecular weight excluding hydrogens is 328 g/mol. The molecule has 23 heavy (non-hydrogen) atoms. The summed E-state index contributed by atoms with van der Waals surface area (Å²) in [4.78, 5) is 44.6. The zero-order valence-electron chi connectivity index (χ0n) is 12.4. The summed E-state index contributed by atoms with van der Waals surface area (Å²) in [6.45, 7) is 3.99. The lowest BCUT2D eigenvalue weighted by Gasteiger charge is -2.07. The van der Waals surface area contributed by atoms with E-state index in [4.69, 9.17) is 14.9 Å². The van der Waals surface area contributed by atoms with Gasteiger partial charge in [0.05, 0.1) is 18.7 Å². The van der Waals surface area contributed by atoms with Gasteiger partial charge in [0.2, 0.25) is 0 Å². The fraction of sp³-hybridized carbons (Fsp3) is 0.385. The van der Waals surface area contributed by atoms with Gasteiger partial charge in [0.25, 0.3) is 0 Å². The number of rotatable bonds is 6. The van der Waals surface area contributed by atoms with Crippen LogP contribution in [0.4, 0.5) is 9.80 Å². The molecule has 0 bridgehead atoms. The first-order valence-electron chi connectivity index (χ1n) is 6.51. The van der Waals surface area contributed by atoms with E-state index in [2.05, 4.69) is 5.32 Å². The molecule has 0 aliphatic rings. The minimum atomic E-state index is -1.73. The highest BCUT2D eigenvalue weighted by Gasteiger charge is 2.20.